The Bertz CT molecular complexity index is 799. The van der Waals surface area contributed by atoms with Crippen molar-refractivity contribution in [3.8, 4) is 0 Å². The van der Waals surface area contributed by atoms with Crippen LogP contribution in [0.15, 0.2) is 48.5 Å². The summed E-state index contributed by atoms with van der Waals surface area (Å²) in [6.07, 6.45) is 2.64. The van der Waals surface area contributed by atoms with Crippen molar-refractivity contribution in [2.45, 2.75) is 32.6 Å². The molecule has 5 heteroatoms. The van der Waals surface area contributed by atoms with Crippen LogP contribution >= 0.6 is 11.6 Å². The van der Waals surface area contributed by atoms with Crippen molar-refractivity contribution >= 4 is 29.1 Å². The van der Waals surface area contributed by atoms with Crippen molar-refractivity contribution in [2.75, 3.05) is 18.4 Å². The molecular weight excluding hydrogens is 360 g/mol. The van der Waals surface area contributed by atoms with E-state index in [4.69, 9.17) is 11.6 Å². The van der Waals surface area contributed by atoms with Crippen LogP contribution in [0.5, 0.6) is 0 Å². The van der Waals surface area contributed by atoms with Crippen LogP contribution in [0.25, 0.3) is 0 Å². The number of carbonyl (C=O) groups is 2. The molecule has 3 rings (SSSR count). The minimum atomic E-state index is -0.0828. The molecule has 1 aliphatic rings. The number of likely N-dealkylation sites (tertiary alicyclic amines) is 1. The van der Waals surface area contributed by atoms with E-state index in [1.54, 1.807) is 0 Å². The van der Waals surface area contributed by atoms with Gasteiger partial charge >= 0.3 is 0 Å². The lowest BCUT2D eigenvalue weighted by Crippen LogP contribution is -2.41. The number of hydrogen-bond acceptors (Lipinski definition) is 2. The smallest absolute Gasteiger partial charge is 0.227 e. The van der Waals surface area contributed by atoms with Crippen molar-refractivity contribution in [2.24, 2.45) is 5.92 Å². The van der Waals surface area contributed by atoms with Gasteiger partial charge in [0.2, 0.25) is 11.8 Å². The second-order valence-electron chi connectivity index (χ2n) is 7.11. The molecule has 0 bridgehead atoms. The van der Waals surface area contributed by atoms with E-state index >= 15 is 0 Å². The number of hydrogen-bond donors (Lipinski definition) is 1. The highest BCUT2D eigenvalue weighted by atomic mass is 35.5. The SMILES string of the molecule is Cc1ccc(NC(=O)C2CCN(C(=O)CCc3ccccc3)CC2)c(Cl)c1. The highest BCUT2D eigenvalue weighted by molar-refractivity contribution is 6.33. The standard InChI is InChI=1S/C22H25ClN2O2/c1-16-7-9-20(19(23)15-16)24-22(27)18-11-13-25(14-12-18)21(26)10-8-17-5-3-2-4-6-17/h2-7,9,15,18H,8,10-14H2,1H3,(H,24,27). The van der Waals surface area contributed by atoms with Gasteiger partial charge in [-0.25, -0.2) is 0 Å². The van der Waals surface area contributed by atoms with Gasteiger partial charge in [-0.1, -0.05) is 48.0 Å². The fourth-order valence-electron chi connectivity index (χ4n) is 3.40. The summed E-state index contributed by atoms with van der Waals surface area (Å²) in [5, 5.41) is 3.48. The number of amides is 2. The summed E-state index contributed by atoms with van der Waals surface area (Å²) >= 11 is 6.19. The molecule has 142 valence electrons. The maximum atomic E-state index is 12.5. The van der Waals surface area contributed by atoms with Crippen LogP contribution in [0.4, 0.5) is 5.69 Å². The number of halogens is 1. The molecule has 1 aliphatic heterocycles. The summed E-state index contributed by atoms with van der Waals surface area (Å²) < 4.78 is 0. The normalized spacial score (nSPS) is 14.8. The second kappa shape index (κ2) is 9.05. The van der Waals surface area contributed by atoms with E-state index in [1.165, 1.54) is 5.56 Å². The first-order valence-electron chi connectivity index (χ1n) is 9.41. The Balaban J connectivity index is 1.46. The zero-order valence-corrected chi connectivity index (χ0v) is 16.3. The molecule has 27 heavy (non-hydrogen) atoms. The van der Waals surface area contributed by atoms with E-state index in [0.717, 1.165) is 12.0 Å². The van der Waals surface area contributed by atoms with Crippen molar-refractivity contribution in [3.05, 3.63) is 64.7 Å². The lowest BCUT2D eigenvalue weighted by Gasteiger charge is -2.31. The maximum Gasteiger partial charge on any atom is 0.227 e. The zero-order chi connectivity index (χ0) is 19.2. The van der Waals surface area contributed by atoms with Gasteiger partial charge in [-0.05, 0) is 49.4 Å². The second-order valence-corrected chi connectivity index (χ2v) is 7.52. The van der Waals surface area contributed by atoms with Crippen molar-refractivity contribution < 1.29 is 9.59 Å². The summed E-state index contributed by atoms with van der Waals surface area (Å²) in [6, 6.07) is 15.6. The van der Waals surface area contributed by atoms with E-state index in [2.05, 4.69) is 5.32 Å². The molecule has 1 heterocycles. The van der Waals surface area contributed by atoms with Crippen molar-refractivity contribution in [1.29, 1.82) is 0 Å². The van der Waals surface area contributed by atoms with Crippen molar-refractivity contribution in [1.82, 2.24) is 4.90 Å². The highest BCUT2D eigenvalue weighted by Crippen LogP contribution is 2.25. The van der Waals surface area contributed by atoms with Gasteiger partial charge in [-0.15, -0.1) is 0 Å². The Hall–Kier alpha value is -2.33. The number of anilines is 1. The number of carbonyl (C=O) groups excluding carboxylic acids is 2. The molecule has 1 N–H and O–H groups in total. The number of benzene rings is 2. The number of aryl methyl sites for hydroxylation is 2. The predicted octanol–water partition coefficient (Wildman–Crippen LogP) is 4.46. The lowest BCUT2D eigenvalue weighted by atomic mass is 9.95. The van der Waals surface area contributed by atoms with E-state index in [1.807, 2.05) is 60.4 Å². The van der Waals surface area contributed by atoms with Crippen LogP contribution in [-0.4, -0.2) is 29.8 Å². The topological polar surface area (TPSA) is 49.4 Å². The summed E-state index contributed by atoms with van der Waals surface area (Å²) in [5.41, 5.74) is 2.88. The minimum Gasteiger partial charge on any atom is -0.343 e. The van der Waals surface area contributed by atoms with Crippen molar-refractivity contribution in [3.63, 3.8) is 0 Å². The molecule has 0 atom stereocenters. The Morgan fingerprint density at radius 1 is 1.11 bits per heavy atom. The summed E-state index contributed by atoms with van der Waals surface area (Å²) in [6.45, 7) is 3.22. The number of rotatable bonds is 5. The van der Waals surface area contributed by atoms with E-state index in [9.17, 15) is 9.59 Å². The molecule has 2 amide bonds. The third-order valence-electron chi connectivity index (χ3n) is 5.07. The van der Waals surface area contributed by atoms with Crippen LogP contribution in [0, 0.1) is 12.8 Å². The summed E-state index contributed by atoms with van der Waals surface area (Å²) in [5.74, 6) is 0.0666. The lowest BCUT2D eigenvalue weighted by molar-refractivity contribution is -0.134. The van der Waals surface area contributed by atoms with E-state index in [0.29, 0.717) is 43.1 Å². The molecule has 0 saturated carbocycles. The molecular formula is C22H25ClN2O2. The summed E-state index contributed by atoms with van der Waals surface area (Å²) in [7, 11) is 0. The molecule has 0 radical (unpaired) electrons. The Kier molecular flexibility index (Phi) is 6.51. The van der Waals surface area contributed by atoms with Crippen LogP contribution in [0.2, 0.25) is 5.02 Å². The molecule has 0 aromatic heterocycles. The van der Waals surface area contributed by atoms with Gasteiger partial charge < -0.3 is 10.2 Å². The molecule has 0 aliphatic carbocycles. The van der Waals surface area contributed by atoms with Crippen LogP contribution in [-0.2, 0) is 16.0 Å². The molecule has 4 nitrogen and oxygen atoms in total. The monoisotopic (exact) mass is 384 g/mol. The average Bonchev–Trinajstić information content (AvgIpc) is 2.69. The fraction of sp³-hybridized carbons (Fsp3) is 0.364. The van der Waals surface area contributed by atoms with Gasteiger partial charge in [0.15, 0.2) is 0 Å². The number of piperidine rings is 1. The molecule has 1 fully saturated rings. The fourth-order valence-corrected chi connectivity index (χ4v) is 3.68. The first kappa shape index (κ1) is 19.4. The van der Waals surface area contributed by atoms with E-state index < -0.39 is 0 Å². The Morgan fingerprint density at radius 2 is 1.81 bits per heavy atom. The molecule has 0 spiro atoms. The molecule has 2 aromatic rings. The average molecular weight is 385 g/mol. The summed E-state index contributed by atoms with van der Waals surface area (Å²) in [4.78, 5) is 26.8. The van der Waals surface area contributed by atoms with Gasteiger partial charge in [0.1, 0.15) is 0 Å². The maximum absolute atomic E-state index is 12.5. The third kappa shape index (κ3) is 5.33. The first-order valence-corrected chi connectivity index (χ1v) is 9.79. The van der Waals surface area contributed by atoms with E-state index in [-0.39, 0.29) is 17.7 Å². The van der Waals surface area contributed by atoms with Crippen LogP contribution in [0.3, 0.4) is 0 Å². The molecule has 2 aromatic carbocycles. The predicted molar refractivity (Wildman–Crippen MR) is 109 cm³/mol. The number of nitrogens with zero attached hydrogens (tertiary/aromatic N) is 1. The number of nitrogens with one attached hydrogen (secondary N) is 1. The van der Waals surface area contributed by atoms with Crippen LogP contribution in [0.1, 0.15) is 30.4 Å². The third-order valence-corrected chi connectivity index (χ3v) is 5.38. The van der Waals surface area contributed by atoms with Gasteiger partial charge in [0.25, 0.3) is 0 Å². The molecule has 1 saturated heterocycles. The zero-order valence-electron chi connectivity index (χ0n) is 15.6. The van der Waals surface area contributed by atoms with Gasteiger partial charge in [0.05, 0.1) is 10.7 Å². The van der Waals surface area contributed by atoms with Crippen LogP contribution < -0.4 is 5.32 Å². The van der Waals surface area contributed by atoms with Gasteiger partial charge in [-0.3, -0.25) is 9.59 Å². The highest BCUT2D eigenvalue weighted by Gasteiger charge is 2.27. The largest absolute Gasteiger partial charge is 0.343 e. The quantitative estimate of drug-likeness (QED) is 0.827. The Labute approximate surface area is 165 Å². The van der Waals surface area contributed by atoms with Gasteiger partial charge in [-0.2, -0.15) is 0 Å². The minimum absolute atomic E-state index is 0.0165. The first-order chi connectivity index (χ1) is 13.0. The Morgan fingerprint density at radius 3 is 2.48 bits per heavy atom. The van der Waals surface area contributed by atoms with Gasteiger partial charge in [0, 0.05) is 25.4 Å². The molecule has 0 unspecified atom stereocenters.